The van der Waals surface area contributed by atoms with E-state index < -0.39 is 6.16 Å². The van der Waals surface area contributed by atoms with Crippen LogP contribution in [0.5, 0.6) is 0 Å². The summed E-state index contributed by atoms with van der Waals surface area (Å²) in [7, 11) is 0. The summed E-state index contributed by atoms with van der Waals surface area (Å²) >= 11 is 0. The van der Waals surface area contributed by atoms with Crippen molar-refractivity contribution < 1.29 is 150 Å². The van der Waals surface area contributed by atoms with Gasteiger partial charge in [0.2, 0.25) is 6.16 Å². The first kappa shape index (κ1) is 64.7. The zero-order valence-electron chi connectivity index (χ0n) is 7.11. The predicted octanol–water partition coefficient (Wildman–Crippen LogP) is -13.6. The quantitative estimate of drug-likeness (QED) is 0.387. The number of hydrogen-bond donors (Lipinski definition) is 1. The van der Waals surface area contributed by atoms with E-state index in [2.05, 4.69) is 0 Å². The van der Waals surface area contributed by atoms with Crippen molar-refractivity contribution in [3.8, 4) is 0 Å². The first-order valence-corrected chi connectivity index (χ1v) is 0.632. The minimum absolute atomic E-state index is 0. The Morgan fingerprint density at radius 1 is 0.909 bits per heavy atom. The average molecular weight is 204 g/mol. The first-order valence-electron chi connectivity index (χ1n) is 0.632. The molecule has 0 atom stereocenters. The molecule has 0 bridgehead atoms. The molecule has 4 N–H and O–H groups in total. The molecule has 0 aliphatic heterocycles. The van der Waals surface area contributed by atoms with Gasteiger partial charge in [0.05, 0.1) is 0 Å². The Balaban J connectivity index is -0.00000000214. The van der Waals surface area contributed by atoms with Gasteiger partial charge in [0.25, 0.3) is 0 Å². The van der Waals surface area contributed by atoms with E-state index in [0.717, 1.165) is 0 Å². The van der Waals surface area contributed by atoms with Crippen LogP contribution in [-0.4, -0.2) is 27.7 Å². The second-order valence-electron chi connectivity index (χ2n) is 0.266. The van der Waals surface area contributed by atoms with Crippen LogP contribution in [0.3, 0.4) is 0 Å². The molecule has 10 heteroatoms. The van der Waals surface area contributed by atoms with Crippen molar-refractivity contribution in [1.82, 2.24) is 0 Å². The molecule has 0 aromatic heterocycles. The number of carbonyl (C=O) groups is 1. The van der Waals surface area contributed by atoms with E-state index >= 15 is 0 Å². The number of rotatable bonds is 0. The van der Waals surface area contributed by atoms with Gasteiger partial charge < -0.3 is 31.4 Å². The van der Waals surface area contributed by atoms with Gasteiger partial charge in [0.15, 0.2) is 0 Å². The number of carboxylic acid groups (broad SMARTS) is 2. The third kappa shape index (κ3) is 165. The Hall–Kier alpha value is 3.15. The SMILES string of the molecule is O=C([O-])O.[Na+].[Na+].[Na+].[Na+].[OH-].[OH-].[OH-]. The minimum Gasteiger partial charge on any atom is -0.870 e. The largest absolute Gasteiger partial charge is 1.00 e. The molecule has 0 aromatic rings. The molecule has 0 aliphatic rings. The van der Waals surface area contributed by atoms with Crippen molar-refractivity contribution in [2.75, 3.05) is 0 Å². The first-order chi connectivity index (χ1) is 1.73. The van der Waals surface area contributed by atoms with E-state index in [9.17, 15) is 0 Å². The normalized spacial score (nSPS) is 2.18. The van der Waals surface area contributed by atoms with E-state index in [1.165, 1.54) is 0 Å². The Bertz CT molecular complexity index is 37.6. The van der Waals surface area contributed by atoms with Gasteiger partial charge in [-0.25, -0.2) is 0 Å². The summed E-state index contributed by atoms with van der Waals surface area (Å²) in [5.74, 6) is 0. The van der Waals surface area contributed by atoms with Crippen LogP contribution in [-0.2, 0) is 0 Å². The molecular weight excluding hydrogens is 200 g/mol. The predicted molar refractivity (Wildman–Crippen MR) is 13.8 cm³/mol. The van der Waals surface area contributed by atoms with E-state index in [-0.39, 0.29) is 135 Å². The Morgan fingerprint density at radius 3 is 0.909 bits per heavy atom. The molecule has 0 saturated carbocycles. The second kappa shape index (κ2) is 51.3. The van der Waals surface area contributed by atoms with Gasteiger partial charge in [-0.1, -0.05) is 0 Å². The van der Waals surface area contributed by atoms with Gasteiger partial charge in [0, 0.05) is 0 Å². The molecule has 0 fully saturated rings. The molecule has 0 amide bonds. The Morgan fingerprint density at radius 2 is 0.909 bits per heavy atom. The van der Waals surface area contributed by atoms with Crippen LogP contribution in [0.2, 0.25) is 0 Å². The van der Waals surface area contributed by atoms with Gasteiger partial charge in [-0.05, 0) is 0 Å². The van der Waals surface area contributed by atoms with Crippen LogP contribution in [0.1, 0.15) is 0 Å². The van der Waals surface area contributed by atoms with Crippen LogP contribution < -0.4 is 123 Å². The number of hydrogen-bond acceptors (Lipinski definition) is 5. The molecule has 0 aliphatic carbocycles. The molecular formula is CH4Na4O6. The molecule has 0 spiro atoms. The minimum atomic E-state index is -2.08. The fraction of sp³-hybridized carbons (Fsp3) is 0. The van der Waals surface area contributed by atoms with Gasteiger partial charge in [-0.15, -0.1) is 0 Å². The summed E-state index contributed by atoms with van der Waals surface area (Å²) in [4.78, 5) is 8.44. The van der Waals surface area contributed by atoms with Crippen molar-refractivity contribution in [3.05, 3.63) is 0 Å². The molecule has 11 heavy (non-hydrogen) atoms. The zero-order valence-corrected chi connectivity index (χ0v) is 15.1. The summed E-state index contributed by atoms with van der Waals surface area (Å²) in [6.45, 7) is 0. The summed E-state index contributed by atoms with van der Waals surface area (Å²) in [6.07, 6.45) is -2.08. The van der Waals surface area contributed by atoms with Crippen LogP contribution in [0.25, 0.3) is 0 Å². The van der Waals surface area contributed by atoms with Gasteiger partial charge >= 0.3 is 118 Å². The Labute approximate surface area is 153 Å². The topological polar surface area (TPSA) is 150 Å². The van der Waals surface area contributed by atoms with E-state index in [0.29, 0.717) is 0 Å². The van der Waals surface area contributed by atoms with Crippen LogP contribution in [0.15, 0.2) is 0 Å². The summed E-state index contributed by atoms with van der Waals surface area (Å²) in [5.41, 5.74) is 0. The van der Waals surface area contributed by atoms with Crippen LogP contribution in [0.4, 0.5) is 4.79 Å². The smallest absolute Gasteiger partial charge is 0.870 e. The van der Waals surface area contributed by atoms with E-state index in [1.807, 2.05) is 0 Å². The maximum atomic E-state index is 8.44. The van der Waals surface area contributed by atoms with Crippen molar-refractivity contribution >= 4 is 6.16 Å². The van der Waals surface area contributed by atoms with Crippen molar-refractivity contribution in [3.63, 3.8) is 0 Å². The summed E-state index contributed by atoms with van der Waals surface area (Å²) < 4.78 is 0. The Kier molecular flexibility index (Phi) is 302. The fourth-order valence-corrected chi connectivity index (χ4v) is 0. The van der Waals surface area contributed by atoms with Crippen molar-refractivity contribution in [2.24, 2.45) is 0 Å². The average Bonchev–Trinajstić information content (AvgIpc) is 0.811. The molecule has 0 unspecified atom stereocenters. The fourth-order valence-electron chi connectivity index (χ4n) is 0. The van der Waals surface area contributed by atoms with Crippen LogP contribution >= 0.6 is 0 Å². The van der Waals surface area contributed by atoms with Gasteiger partial charge in [-0.2, -0.15) is 0 Å². The second-order valence-corrected chi connectivity index (χ2v) is 0.266. The third-order valence-electron chi connectivity index (χ3n) is 0. The van der Waals surface area contributed by atoms with Crippen LogP contribution in [0, 0.1) is 0 Å². The molecule has 0 saturated heterocycles. The maximum absolute atomic E-state index is 8.44. The molecule has 0 aromatic carbocycles. The molecule has 0 radical (unpaired) electrons. The summed E-state index contributed by atoms with van der Waals surface area (Å²) in [6, 6.07) is 0. The van der Waals surface area contributed by atoms with Crippen molar-refractivity contribution in [2.45, 2.75) is 0 Å². The van der Waals surface area contributed by atoms with E-state index in [4.69, 9.17) is 15.0 Å². The van der Waals surface area contributed by atoms with Gasteiger partial charge in [-0.3, -0.25) is 0 Å². The standard InChI is InChI=1S/CH2O3.4Na.3H2O/c2-1(3)4;;;;;;;/h(H2,2,3,4);;;;;3*1H2/q;4*+1;;;/p-4. The summed E-state index contributed by atoms with van der Waals surface area (Å²) in [5, 5.41) is 15.3. The third-order valence-corrected chi connectivity index (χ3v) is 0. The molecule has 0 rings (SSSR count). The molecule has 0 heterocycles. The van der Waals surface area contributed by atoms with Crippen molar-refractivity contribution in [1.29, 1.82) is 0 Å². The van der Waals surface area contributed by atoms with E-state index in [1.54, 1.807) is 0 Å². The maximum Gasteiger partial charge on any atom is 1.00 e. The zero-order chi connectivity index (χ0) is 3.58. The monoisotopic (exact) mass is 204 g/mol. The molecule has 48 valence electrons. The van der Waals surface area contributed by atoms with Gasteiger partial charge in [0.1, 0.15) is 0 Å². The molecule has 6 nitrogen and oxygen atoms in total.